The van der Waals surface area contributed by atoms with Crippen LogP contribution in [0.3, 0.4) is 0 Å². The van der Waals surface area contributed by atoms with Gasteiger partial charge in [0.05, 0.1) is 17.8 Å². The molecule has 1 heterocycles. The Hall–Kier alpha value is -2.87. The Kier molecular flexibility index (Phi) is 5.75. The van der Waals surface area contributed by atoms with Crippen LogP contribution in [0.25, 0.3) is 0 Å². The smallest absolute Gasteiger partial charge is 0.313 e. The average molecular weight is 378 g/mol. The van der Waals surface area contributed by atoms with E-state index in [0.717, 1.165) is 24.6 Å². The number of hydrogen-bond donors (Lipinski definition) is 2. The molecule has 0 unspecified atom stereocenters. The molecule has 1 aliphatic rings. The largest absolute Gasteiger partial charge is 0.376 e. The van der Waals surface area contributed by atoms with E-state index in [0.29, 0.717) is 18.6 Å². The van der Waals surface area contributed by atoms with E-state index in [-0.39, 0.29) is 6.10 Å². The molecule has 2 aromatic rings. The van der Waals surface area contributed by atoms with Gasteiger partial charge in [-0.05, 0) is 42.7 Å². The molecule has 8 heteroatoms. The molecule has 27 heavy (non-hydrogen) atoms. The van der Waals surface area contributed by atoms with Gasteiger partial charge in [0, 0.05) is 12.7 Å². The fourth-order valence-electron chi connectivity index (χ4n) is 2.91. The lowest BCUT2D eigenvalue weighted by molar-refractivity contribution is -0.137. The molecule has 2 N–H and O–H groups in total. The van der Waals surface area contributed by atoms with Crippen LogP contribution < -0.4 is 10.6 Å². The number of anilines is 1. The highest BCUT2D eigenvalue weighted by Crippen LogP contribution is 2.27. The second-order valence-electron chi connectivity index (χ2n) is 6.13. The van der Waals surface area contributed by atoms with Crippen LogP contribution in [0, 0.1) is 17.5 Å². The molecular weight excluding hydrogens is 361 g/mol. The molecule has 142 valence electrons. The summed E-state index contributed by atoms with van der Waals surface area (Å²) in [5.74, 6) is -4.24. The first-order chi connectivity index (χ1) is 12.9. The number of amides is 2. The van der Waals surface area contributed by atoms with Crippen molar-refractivity contribution in [3.63, 3.8) is 0 Å². The summed E-state index contributed by atoms with van der Waals surface area (Å²) in [5, 5.41) is 4.57. The van der Waals surface area contributed by atoms with Crippen molar-refractivity contribution in [3.05, 3.63) is 65.5 Å². The minimum Gasteiger partial charge on any atom is -0.376 e. The van der Waals surface area contributed by atoms with Gasteiger partial charge in [-0.3, -0.25) is 9.59 Å². The molecule has 0 bridgehead atoms. The van der Waals surface area contributed by atoms with E-state index in [4.69, 9.17) is 4.74 Å². The molecule has 1 aliphatic heterocycles. The van der Waals surface area contributed by atoms with Gasteiger partial charge >= 0.3 is 11.8 Å². The van der Waals surface area contributed by atoms with Gasteiger partial charge in [0.1, 0.15) is 17.5 Å². The van der Waals surface area contributed by atoms with Gasteiger partial charge in [0.2, 0.25) is 0 Å². The van der Waals surface area contributed by atoms with Crippen LogP contribution in [0.4, 0.5) is 18.9 Å². The molecular formula is C19H17F3N2O3. The molecule has 0 saturated carbocycles. The summed E-state index contributed by atoms with van der Waals surface area (Å²) in [6.45, 7) is 0.513. The number of carbonyl (C=O) groups is 2. The van der Waals surface area contributed by atoms with Gasteiger partial charge in [0.15, 0.2) is 0 Å². The zero-order chi connectivity index (χ0) is 19.4. The first kappa shape index (κ1) is 18.9. The van der Waals surface area contributed by atoms with Crippen LogP contribution in [0.1, 0.15) is 24.4 Å². The first-order valence-electron chi connectivity index (χ1n) is 8.38. The van der Waals surface area contributed by atoms with Crippen LogP contribution >= 0.6 is 0 Å². The minimum atomic E-state index is -1.15. The fraction of sp³-hybridized carbons (Fsp3) is 0.263. The zero-order valence-electron chi connectivity index (χ0n) is 14.2. The number of carbonyl (C=O) groups excluding carboxylic acids is 2. The maximum absolute atomic E-state index is 13.6. The van der Waals surface area contributed by atoms with Crippen molar-refractivity contribution in [3.8, 4) is 0 Å². The quantitative estimate of drug-likeness (QED) is 0.804. The molecule has 1 saturated heterocycles. The van der Waals surface area contributed by atoms with Gasteiger partial charge in [-0.1, -0.05) is 12.1 Å². The molecule has 1 fully saturated rings. The van der Waals surface area contributed by atoms with E-state index in [1.54, 1.807) is 0 Å². The normalized spacial score (nSPS) is 17.4. The maximum atomic E-state index is 13.6. The van der Waals surface area contributed by atoms with Crippen molar-refractivity contribution >= 4 is 17.5 Å². The van der Waals surface area contributed by atoms with Crippen molar-refractivity contribution in [2.75, 3.05) is 11.9 Å². The number of ether oxygens (including phenoxy) is 1. The van der Waals surface area contributed by atoms with E-state index in [1.807, 2.05) is 5.32 Å². The van der Waals surface area contributed by atoms with Gasteiger partial charge in [0.25, 0.3) is 0 Å². The maximum Gasteiger partial charge on any atom is 0.313 e. The summed E-state index contributed by atoms with van der Waals surface area (Å²) in [6.07, 6.45) is 1.07. The van der Waals surface area contributed by atoms with Crippen LogP contribution in [0.2, 0.25) is 0 Å². The Morgan fingerprint density at radius 3 is 2.37 bits per heavy atom. The van der Waals surface area contributed by atoms with Crippen molar-refractivity contribution in [2.24, 2.45) is 0 Å². The highest BCUT2D eigenvalue weighted by Gasteiger charge is 2.30. The number of nitrogens with one attached hydrogen (secondary N) is 2. The topological polar surface area (TPSA) is 67.4 Å². The van der Waals surface area contributed by atoms with Crippen molar-refractivity contribution < 1.29 is 27.5 Å². The van der Waals surface area contributed by atoms with Gasteiger partial charge in [-0.25, -0.2) is 13.2 Å². The van der Waals surface area contributed by atoms with Crippen LogP contribution in [-0.4, -0.2) is 24.5 Å². The van der Waals surface area contributed by atoms with Crippen LogP contribution in [0.5, 0.6) is 0 Å². The average Bonchev–Trinajstić information content (AvgIpc) is 3.18. The predicted octanol–water partition coefficient (Wildman–Crippen LogP) is 3.08. The second kappa shape index (κ2) is 8.22. The summed E-state index contributed by atoms with van der Waals surface area (Å²) >= 11 is 0. The summed E-state index contributed by atoms with van der Waals surface area (Å²) in [7, 11) is 0. The van der Waals surface area contributed by atoms with E-state index < -0.39 is 41.0 Å². The molecule has 0 aliphatic carbocycles. The van der Waals surface area contributed by atoms with E-state index in [1.165, 1.54) is 24.3 Å². The second-order valence-corrected chi connectivity index (χ2v) is 6.13. The van der Waals surface area contributed by atoms with Gasteiger partial charge in [-0.15, -0.1) is 0 Å². The zero-order valence-corrected chi connectivity index (χ0v) is 14.2. The molecule has 2 atom stereocenters. The van der Waals surface area contributed by atoms with Gasteiger partial charge < -0.3 is 15.4 Å². The lowest BCUT2D eigenvalue weighted by atomic mass is 9.99. The van der Waals surface area contributed by atoms with E-state index in [9.17, 15) is 22.8 Å². The lowest BCUT2D eigenvalue weighted by Gasteiger charge is -2.24. The number of hydrogen-bond acceptors (Lipinski definition) is 3. The third-order valence-electron chi connectivity index (χ3n) is 4.24. The summed E-state index contributed by atoms with van der Waals surface area (Å²) in [4.78, 5) is 24.4. The predicted molar refractivity (Wildman–Crippen MR) is 91.2 cm³/mol. The highest BCUT2D eigenvalue weighted by molar-refractivity contribution is 6.39. The lowest BCUT2D eigenvalue weighted by Crippen LogP contribution is -2.42. The Bertz CT molecular complexity index is 837. The molecule has 0 radical (unpaired) electrons. The fourth-order valence-corrected chi connectivity index (χ4v) is 2.91. The monoisotopic (exact) mass is 378 g/mol. The molecule has 3 rings (SSSR count). The number of halogens is 3. The third-order valence-corrected chi connectivity index (χ3v) is 4.24. The van der Waals surface area contributed by atoms with Gasteiger partial charge in [-0.2, -0.15) is 0 Å². The Balaban J connectivity index is 1.74. The third kappa shape index (κ3) is 4.65. The Morgan fingerprint density at radius 1 is 1.00 bits per heavy atom. The SMILES string of the molecule is O=C(Nc1cc(F)ccc1F)C(=O)N[C@H](c1ccc(F)cc1)[C@H]1CCCO1. The Morgan fingerprint density at radius 2 is 1.70 bits per heavy atom. The van der Waals surface area contributed by atoms with Crippen molar-refractivity contribution in [2.45, 2.75) is 25.0 Å². The van der Waals surface area contributed by atoms with E-state index in [2.05, 4.69) is 5.32 Å². The van der Waals surface area contributed by atoms with Crippen molar-refractivity contribution in [1.82, 2.24) is 5.32 Å². The molecule has 0 aromatic heterocycles. The van der Waals surface area contributed by atoms with Crippen molar-refractivity contribution in [1.29, 1.82) is 0 Å². The molecule has 0 spiro atoms. The van der Waals surface area contributed by atoms with E-state index >= 15 is 0 Å². The van der Waals surface area contributed by atoms with Crippen LogP contribution in [-0.2, 0) is 14.3 Å². The molecule has 2 amide bonds. The minimum absolute atomic E-state index is 0.377. The molecule has 5 nitrogen and oxygen atoms in total. The summed E-state index contributed by atoms with van der Waals surface area (Å²) in [5.41, 5.74) is 0.131. The number of rotatable bonds is 4. The molecule has 2 aromatic carbocycles. The van der Waals surface area contributed by atoms with Crippen LogP contribution in [0.15, 0.2) is 42.5 Å². The first-order valence-corrected chi connectivity index (χ1v) is 8.38. The Labute approximate surface area is 153 Å². The summed E-state index contributed by atoms with van der Waals surface area (Å²) < 4.78 is 45.6. The standard InChI is InChI=1S/C19H17F3N2O3/c20-12-5-3-11(4-6-12)17(16-2-1-9-27-16)24-19(26)18(25)23-15-10-13(21)7-8-14(15)22/h3-8,10,16-17H,1-2,9H2,(H,23,25)(H,24,26)/t16-,17-/m1/s1. The highest BCUT2D eigenvalue weighted by atomic mass is 19.1. The summed E-state index contributed by atoms with van der Waals surface area (Å²) in [6, 6.07) is 7.31. The number of benzene rings is 2.